The second kappa shape index (κ2) is 6.31. The molecular weight excluding hydrogens is 294 g/mol. The van der Waals surface area contributed by atoms with Crippen LogP contribution in [0.25, 0.3) is 0 Å². The van der Waals surface area contributed by atoms with Gasteiger partial charge in [0.25, 0.3) is 0 Å². The summed E-state index contributed by atoms with van der Waals surface area (Å²) in [4.78, 5) is 0. The number of nitrogens with one attached hydrogen (secondary N) is 1. The zero-order chi connectivity index (χ0) is 14.8. The normalized spacial score (nSPS) is 23.9. The fourth-order valence-electron chi connectivity index (χ4n) is 2.62. The van der Waals surface area contributed by atoms with Gasteiger partial charge in [0.15, 0.2) is 0 Å². The van der Waals surface area contributed by atoms with E-state index in [4.69, 9.17) is 11.6 Å². The summed E-state index contributed by atoms with van der Waals surface area (Å²) in [6.45, 7) is 0.154. The molecule has 0 saturated heterocycles. The van der Waals surface area contributed by atoms with Crippen LogP contribution < -0.4 is 5.32 Å². The first kappa shape index (κ1) is 15.6. The fraction of sp³-hybridized carbons (Fsp3) is 0.571. The van der Waals surface area contributed by atoms with Gasteiger partial charge in [-0.2, -0.15) is 13.2 Å². The van der Waals surface area contributed by atoms with E-state index in [9.17, 15) is 17.6 Å². The first-order valence-electron chi connectivity index (χ1n) is 6.61. The Morgan fingerprint density at radius 1 is 1.25 bits per heavy atom. The van der Waals surface area contributed by atoms with E-state index in [-0.39, 0.29) is 25.4 Å². The molecular formula is C14H16ClF4N. The van der Waals surface area contributed by atoms with Crippen LogP contribution in [-0.2, 0) is 6.54 Å². The van der Waals surface area contributed by atoms with Crippen LogP contribution in [0.15, 0.2) is 18.2 Å². The van der Waals surface area contributed by atoms with Gasteiger partial charge in [-0.15, -0.1) is 0 Å². The lowest BCUT2D eigenvalue weighted by molar-refractivity contribution is -0.183. The van der Waals surface area contributed by atoms with Crippen LogP contribution in [0, 0.1) is 11.7 Å². The minimum Gasteiger partial charge on any atom is -0.310 e. The molecule has 1 aromatic rings. The molecule has 112 valence electrons. The number of hydrogen-bond donors (Lipinski definition) is 1. The maximum atomic E-state index is 13.6. The van der Waals surface area contributed by atoms with Gasteiger partial charge in [-0.1, -0.05) is 24.1 Å². The Morgan fingerprint density at radius 3 is 2.65 bits per heavy atom. The van der Waals surface area contributed by atoms with Gasteiger partial charge in [0, 0.05) is 23.2 Å². The molecule has 6 heteroatoms. The number of rotatable bonds is 3. The standard InChI is InChI=1S/C14H16ClF4N/c15-12-5-2-6-13(16)11(12)8-20-10-4-1-3-9(7-10)14(17,18)19/h2,5-6,9-10,20H,1,3-4,7-8H2. The van der Waals surface area contributed by atoms with E-state index in [1.54, 1.807) is 6.07 Å². The van der Waals surface area contributed by atoms with E-state index in [0.717, 1.165) is 0 Å². The van der Waals surface area contributed by atoms with Gasteiger partial charge in [0.1, 0.15) is 5.82 Å². The smallest absolute Gasteiger partial charge is 0.310 e. The zero-order valence-electron chi connectivity index (χ0n) is 10.8. The highest BCUT2D eigenvalue weighted by molar-refractivity contribution is 6.31. The second-order valence-electron chi connectivity index (χ2n) is 5.18. The van der Waals surface area contributed by atoms with Gasteiger partial charge in [0.05, 0.1) is 5.92 Å². The predicted molar refractivity (Wildman–Crippen MR) is 70.1 cm³/mol. The molecule has 0 heterocycles. The molecule has 0 spiro atoms. The summed E-state index contributed by atoms with van der Waals surface area (Å²) in [6.07, 6.45) is -2.70. The molecule has 1 aliphatic rings. The molecule has 0 aliphatic heterocycles. The number of hydrogen-bond acceptors (Lipinski definition) is 1. The molecule has 0 aromatic heterocycles. The Kier molecular flexibility index (Phi) is 4.91. The van der Waals surface area contributed by atoms with E-state index in [2.05, 4.69) is 5.32 Å². The van der Waals surface area contributed by atoms with Crippen molar-refractivity contribution in [2.45, 2.75) is 44.4 Å². The van der Waals surface area contributed by atoms with Gasteiger partial charge in [-0.3, -0.25) is 0 Å². The fourth-order valence-corrected chi connectivity index (χ4v) is 2.85. The van der Waals surface area contributed by atoms with E-state index >= 15 is 0 Å². The van der Waals surface area contributed by atoms with Crippen LogP contribution in [0.4, 0.5) is 17.6 Å². The van der Waals surface area contributed by atoms with Crippen LogP contribution in [0.1, 0.15) is 31.2 Å². The number of alkyl halides is 3. The van der Waals surface area contributed by atoms with Crippen LogP contribution in [0.2, 0.25) is 5.02 Å². The summed E-state index contributed by atoms with van der Waals surface area (Å²) < 4.78 is 51.7. The third-order valence-electron chi connectivity index (χ3n) is 3.77. The Morgan fingerprint density at radius 2 is 2.00 bits per heavy atom. The topological polar surface area (TPSA) is 12.0 Å². The lowest BCUT2D eigenvalue weighted by atomic mass is 9.85. The van der Waals surface area contributed by atoms with Crippen LogP contribution in [0.3, 0.4) is 0 Å². The highest BCUT2D eigenvalue weighted by atomic mass is 35.5. The van der Waals surface area contributed by atoms with Gasteiger partial charge < -0.3 is 5.32 Å². The van der Waals surface area contributed by atoms with Crippen molar-refractivity contribution in [3.05, 3.63) is 34.6 Å². The van der Waals surface area contributed by atoms with Gasteiger partial charge >= 0.3 is 6.18 Å². The summed E-state index contributed by atoms with van der Waals surface area (Å²) in [7, 11) is 0. The third kappa shape index (κ3) is 3.85. The monoisotopic (exact) mass is 309 g/mol. The van der Waals surface area contributed by atoms with Gasteiger partial charge in [0.2, 0.25) is 0 Å². The lowest BCUT2D eigenvalue weighted by Crippen LogP contribution is -2.38. The summed E-state index contributed by atoms with van der Waals surface area (Å²) in [5.41, 5.74) is 0.309. The summed E-state index contributed by atoms with van der Waals surface area (Å²) in [5.74, 6) is -1.70. The van der Waals surface area contributed by atoms with Gasteiger partial charge in [-0.25, -0.2) is 4.39 Å². The Bertz CT molecular complexity index is 441. The lowest BCUT2D eigenvalue weighted by Gasteiger charge is -2.31. The highest BCUT2D eigenvalue weighted by Crippen LogP contribution is 2.37. The predicted octanol–water partition coefficient (Wildman–Crippen LogP) is 4.69. The first-order chi connectivity index (χ1) is 9.38. The molecule has 1 nitrogen and oxygen atoms in total. The maximum Gasteiger partial charge on any atom is 0.391 e. The average molecular weight is 310 g/mol. The van der Waals surface area contributed by atoms with Crippen molar-refractivity contribution < 1.29 is 17.6 Å². The molecule has 0 amide bonds. The Balaban J connectivity index is 1.94. The number of halogens is 5. The summed E-state index contributed by atoms with van der Waals surface area (Å²) in [6, 6.07) is 4.12. The molecule has 20 heavy (non-hydrogen) atoms. The summed E-state index contributed by atoms with van der Waals surface area (Å²) >= 11 is 5.89. The van der Waals surface area contributed by atoms with Crippen molar-refractivity contribution in [1.29, 1.82) is 0 Å². The van der Waals surface area contributed by atoms with Crippen molar-refractivity contribution >= 4 is 11.6 Å². The molecule has 1 saturated carbocycles. The first-order valence-corrected chi connectivity index (χ1v) is 6.98. The number of benzene rings is 1. The van der Waals surface area contributed by atoms with E-state index in [0.29, 0.717) is 23.4 Å². The molecule has 1 fully saturated rings. The maximum absolute atomic E-state index is 13.6. The largest absolute Gasteiger partial charge is 0.391 e. The zero-order valence-corrected chi connectivity index (χ0v) is 11.6. The quantitative estimate of drug-likeness (QED) is 0.799. The van der Waals surface area contributed by atoms with Gasteiger partial charge in [-0.05, 0) is 31.4 Å². The van der Waals surface area contributed by atoms with Crippen molar-refractivity contribution in [3.8, 4) is 0 Å². The molecule has 1 aliphatic carbocycles. The Labute approximate surface area is 120 Å². The SMILES string of the molecule is Fc1cccc(Cl)c1CNC1CCCC(C(F)(F)F)C1. The van der Waals surface area contributed by atoms with E-state index < -0.39 is 17.9 Å². The van der Waals surface area contributed by atoms with E-state index in [1.807, 2.05) is 0 Å². The summed E-state index contributed by atoms with van der Waals surface area (Å²) in [5, 5.41) is 3.29. The highest BCUT2D eigenvalue weighted by Gasteiger charge is 2.42. The molecule has 0 bridgehead atoms. The molecule has 1 N–H and O–H groups in total. The molecule has 2 unspecified atom stereocenters. The van der Waals surface area contributed by atoms with Crippen molar-refractivity contribution in [2.24, 2.45) is 5.92 Å². The van der Waals surface area contributed by atoms with Crippen molar-refractivity contribution in [2.75, 3.05) is 0 Å². The molecule has 2 atom stereocenters. The van der Waals surface area contributed by atoms with Crippen LogP contribution in [0.5, 0.6) is 0 Å². The molecule has 1 aromatic carbocycles. The van der Waals surface area contributed by atoms with Crippen molar-refractivity contribution in [1.82, 2.24) is 5.32 Å². The minimum absolute atomic E-state index is 0.0512. The van der Waals surface area contributed by atoms with Crippen molar-refractivity contribution in [3.63, 3.8) is 0 Å². The second-order valence-corrected chi connectivity index (χ2v) is 5.59. The minimum atomic E-state index is -4.14. The molecule has 0 radical (unpaired) electrons. The third-order valence-corrected chi connectivity index (χ3v) is 4.12. The van der Waals surface area contributed by atoms with Crippen LogP contribution >= 0.6 is 11.6 Å². The van der Waals surface area contributed by atoms with E-state index in [1.165, 1.54) is 12.1 Å². The average Bonchev–Trinajstić information content (AvgIpc) is 2.37. The Hall–Kier alpha value is -0.810. The molecule has 2 rings (SSSR count). The van der Waals surface area contributed by atoms with Crippen LogP contribution in [-0.4, -0.2) is 12.2 Å².